The number of carbonyl (C=O) groups excluding carboxylic acids is 1. The van der Waals surface area contributed by atoms with Crippen molar-refractivity contribution >= 4 is 5.91 Å². The number of hydrogen-bond acceptors (Lipinski definition) is 3. The molecule has 1 unspecified atom stereocenters. The zero-order chi connectivity index (χ0) is 17.3. The van der Waals surface area contributed by atoms with Crippen LogP contribution in [0.4, 0.5) is 0 Å². The van der Waals surface area contributed by atoms with E-state index < -0.39 is 0 Å². The summed E-state index contributed by atoms with van der Waals surface area (Å²) < 4.78 is 5.49. The Bertz CT molecular complexity index is 626. The standard InChI is InChI=1S/C21H30N2O2/c1-17-4-2-5-18(14-17)15-22-11-9-21(16-22)8-3-10-23(20(21)24)19-6-12-25-13-7-19/h2,4-5,14,19H,3,6-13,15-16H2,1H3. The lowest BCUT2D eigenvalue weighted by molar-refractivity contribution is -0.150. The summed E-state index contributed by atoms with van der Waals surface area (Å²) in [6.45, 7) is 7.64. The van der Waals surface area contributed by atoms with Gasteiger partial charge in [-0.1, -0.05) is 29.8 Å². The van der Waals surface area contributed by atoms with E-state index >= 15 is 0 Å². The minimum absolute atomic E-state index is 0.125. The third-order valence-corrected chi connectivity index (χ3v) is 6.32. The highest BCUT2D eigenvalue weighted by Crippen LogP contribution is 2.41. The highest BCUT2D eigenvalue weighted by Gasteiger charge is 2.49. The van der Waals surface area contributed by atoms with Gasteiger partial charge < -0.3 is 9.64 Å². The highest BCUT2D eigenvalue weighted by atomic mass is 16.5. The molecule has 1 atom stereocenters. The predicted octanol–water partition coefficient (Wildman–Crippen LogP) is 2.99. The van der Waals surface area contributed by atoms with Gasteiger partial charge in [-0.2, -0.15) is 0 Å². The van der Waals surface area contributed by atoms with Crippen LogP contribution in [0.1, 0.15) is 43.2 Å². The summed E-state index contributed by atoms with van der Waals surface area (Å²) in [5.74, 6) is 0.428. The summed E-state index contributed by atoms with van der Waals surface area (Å²) in [4.78, 5) is 18.1. The molecule has 1 aromatic rings. The molecule has 1 spiro atoms. The van der Waals surface area contributed by atoms with Gasteiger partial charge in [0.05, 0.1) is 5.41 Å². The van der Waals surface area contributed by atoms with Gasteiger partial charge in [0.1, 0.15) is 0 Å². The van der Waals surface area contributed by atoms with Crippen molar-refractivity contribution in [3.63, 3.8) is 0 Å². The monoisotopic (exact) mass is 342 g/mol. The summed E-state index contributed by atoms with van der Waals surface area (Å²) in [6, 6.07) is 9.15. The van der Waals surface area contributed by atoms with Crippen molar-refractivity contribution in [1.29, 1.82) is 0 Å². The van der Waals surface area contributed by atoms with Gasteiger partial charge in [0.25, 0.3) is 0 Å². The first-order valence-corrected chi connectivity index (χ1v) is 9.83. The normalized spacial score (nSPS) is 28.8. The number of amides is 1. The van der Waals surface area contributed by atoms with E-state index in [1.807, 2.05) is 0 Å². The van der Waals surface area contributed by atoms with Gasteiger partial charge in [-0.3, -0.25) is 9.69 Å². The first kappa shape index (κ1) is 17.0. The number of nitrogens with zero attached hydrogens (tertiary/aromatic N) is 2. The quantitative estimate of drug-likeness (QED) is 0.847. The summed E-state index contributed by atoms with van der Waals surface area (Å²) in [6.07, 6.45) is 5.26. The number of carbonyl (C=O) groups is 1. The third kappa shape index (κ3) is 3.47. The molecular formula is C21H30N2O2. The van der Waals surface area contributed by atoms with Crippen LogP contribution in [0.25, 0.3) is 0 Å². The summed E-state index contributed by atoms with van der Waals surface area (Å²) in [7, 11) is 0. The van der Waals surface area contributed by atoms with Crippen molar-refractivity contribution in [2.24, 2.45) is 5.41 Å². The van der Waals surface area contributed by atoms with Gasteiger partial charge in [0.2, 0.25) is 5.91 Å². The van der Waals surface area contributed by atoms with Gasteiger partial charge in [0, 0.05) is 38.9 Å². The van der Waals surface area contributed by atoms with Crippen LogP contribution in [0, 0.1) is 12.3 Å². The Labute approximate surface area is 151 Å². The molecule has 136 valence electrons. The maximum absolute atomic E-state index is 13.4. The third-order valence-electron chi connectivity index (χ3n) is 6.32. The minimum atomic E-state index is -0.125. The van der Waals surface area contributed by atoms with Gasteiger partial charge in [-0.25, -0.2) is 0 Å². The van der Waals surface area contributed by atoms with Crippen molar-refractivity contribution < 1.29 is 9.53 Å². The number of hydrogen-bond donors (Lipinski definition) is 0. The fourth-order valence-corrected chi connectivity index (χ4v) is 4.99. The minimum Gasteiger partial charge on any atom is -0.381 e. The average Bonchev–Trinajstić information content (AvgIpc) is 3.02. The van der Waals surface area contributed by atoms with E-state index in [1.54, 1.807) is 0 Å². The molecule has 0 aliphatic carbocycles. The molecule has 3 saturated heterocycles. The molecule has 3 aliphatic heterocycles. The molecule has 0 aromatic heterocycles. The van der Waals surface area contributed by atoms with Crippen molar-refractivity contribution in [3.8, 4) is 0 Å². The van der Waals surface area contributed by atoms with E-state index in [-0.39, 0.29) is 5.41 Å². The largest absolute Gasteiger partial charge is 0.381 e. The summed E-state index contributed by atoms with van der Waals surface area (Å²) >= 11 is 0. The maximum Gasteiger partial charge on any atom is 0.230 e. The van der Waals surface area contributed by atoms with E-state index in [0.717, 1.165) is 71.5 Å². The van der Waals surface area contributed by atoms with Crippen LogP contribution >= 0.6 is 0 Å². The van der Waals surface area contributed by atoms with Crippen molar-refractivity contribution in [2.45, 2.75) is 51.6 Å². The number of ether oxygens (including phenoxy) is 1. The summed E-state index contributed by atoms with van der Waals surface area (Å²) in [5, 5.41) is 0. The van der Waals surface area contributed by atoms with E-state index in [9.17, 15) is 4.79 Å². The number of rotatable bonds is 3. The Kier molecular flexibility index (Phi) is 4.83. The van der Waals surface area contributed by atoms with Crippen molar-refractivity contribution in [3.05, 3.63) is 35.4 Å². The van der Waals surface area contributed by atoms with Crippen LogP contribution in [-0.2, 0) is 16.1 Å². The number of piperidine rings is 1. The molecule has 0 N–H and O–H groups in total. The average molecular weight is 342 g/mol. The van der Waals surface area contributed by atoms with Crippen LogP contribution < -0.4 is 0 Å². The Morgan fingerprint density at radius 1 is 1.20 bits per heavy atom. The van der Waals surface area contributed by atoms with Crippen molar-refractivity contribution in [2.75, 3.05) is 32.8 Å². The van der Waals surface area contributed by atoms with E-state index in [4.69, 9.17) is 4.74 Å². The number of aryl methyl sites for hydroxylation is 1. The van der Waals surface area contributed by atoms with Gasteiger partial charge >= 0.3 is 0 Å². The molecule has 1 aromatic carbocycles. The number of benzene rings is 1. The van der Waals surface area contributed by atoms with Gasteiger partial charge in [-0.15, -0.1) is 0 Å². The molecule has 3 aliphatic rings. The van der Waals surface area contributed by atoms with Gasteiger partial charge in [0.15, 0.2) is 0 Å². The predicted molar refractivity (Wildman–Crippen MR) is 98.3 cm³/mol. The molecule has 4 rings (SSSR count). The topological polar surface area (TPSA) is 32.8 Å². The first-order valence-electron chi connectivity index (χ1n) is 9.83. The van der Waals surface area contributed by atoms with Crippen LogP contribution in [0.2, 0.25) is 0 Å². The van der Waals surface area contributed by atoms with Crippen LogP contribution in [0.5, 0.6) is 0 Å². The second-order valence-electron chi connectivity index (χ2n) is 8.18. The maximum atomic E-state index is 13.4. The van der Waals surface area contributed by atoms with Crippen molar-refractivity contribution in [1.82, 2.24) is 9.80 Å². The second kappa shape index (κ2) is 7.08. The van der Waals surface area contributed by atoms with Gasteiger partial charge in [-0.05, 0) is 51.1 Å². The Hall–Kier alpha value is -1.39. The highest BCUT2D eigenvalue weighted by molar-refractivity contribution is 5.84. The lowest BCUT2D eigenvalue weighted by atomic mass is 9.77. The zero-order valence-corrected chi connectivity index (χ0v) is 15.4. The molecule has 0 saturated carbocycles. The van der Waals surface area contributed by atoms with Crippen LogP contribution in [0.3, 0.4) is 0 Å². The fraction of sp³-hybridized carbons (Fsp3) is 0.667. The second-order valence-corrected chi connectivity index (χ2v) is 8.18. The summed E-state index contributed by atoms with van der Waals surface area (Å²) in [5.41, 5.74) is 2.55. The molecule has 4 heteroatoms. The molecule has 0 radical (unpaired) electrons. The molecule has 3 heterocycles. The molecule has 4 nitrogen and oxygen atoms in total. The SMILES string of the molecule is Cc1cccc(CN2CCC3(CCCN(C4CCOCC4)C3=O)C2)c1. The molecule has 25 heavy (non-hydrogen) atoms. The van der Waals surface area contributed by atoms with E-state index in [1.165, 1.54) is 11.1 Å². The van der Waals surface area contributed by atoms with Crippen LogP contribution in [-0.4, -0.2) is 54.6 Å². The smallest absolute Gasteiger partial charge is 0.230 e. The first-order chi connectivity index (χ1) is 12.2. The van der Waals surface area contributed by atoms with E-state index in [2.05, 4.69) is 41.0 Å². The Balaban J connectivity index is 1.43. The molecule has 3 fully saturated rings. The zero-order valence-electron chi connectivity index (χ0n) is 15.4. The molecule has 0 bridgehead atoms. The Morgan fingerprint density at radius 3 is 2.84 bits per heavy atom. The van der Waals surface area contributed by atoms with E-state index in [0.29, 0.717) is 11.9 Å². The van der Waals surface area contributed by atoms with Crippen LogP contribution in [0.15, 0.2) is 24.3 Å². The Morgan fingerprint density at radius 2 is 2.04 bits per heavy atom. The molecule has 1 amide bonds. The lowest BCUT2D eigenvalue weighted by Gasteiger charge is -2.44. The molecular weight excluding hydrogens is 312 g/mol. The lowest BCUT2D eigenvalue weighted by Crippen LogP contribution is -2.54. The fourth-order valence-electron chi connectivity index (χ4n) is 4.99. The number of likely N-dealkylation sites (tertiary alicyclic amines) is 2.